The SMILES string of the molecule is CC(C)c1ccc2c(c1)nc(C(C)(C)CN)n2C. The van der Waals surface area contributed by atoms with Gasteiger partial charge in [0.1, 0.15) is 5.82 Å². The van der Waals surface area contributed by atoms with Crippen LogP contribution in [0.2, 0.25) is 0 Å². The highest BCUT2D eigenvalue weighted by Gasteiger charge is 2.25. The highest BCUT2D eigenvalue weighted by Crippen LogP contribution is 2.27. The third-order valence-electron chi connectivity index (χ3n) is 3.69. The minimum absolute atomic E-state index is 0.0915. The Bertz CT molecular complexity index is 564. The zero-order valence-electron chi connectivity index (χ0n) is 12.0. The maximum Gasteiger partial charge on any atom is 0.116 e. The van der Waals surface area contributed by atoms with Crippen LogP contribution in [0.5, 0.6) is 0 Å². The topological polar surface area (TPSA) is 43.8 Å². The Kier molecular flexibility index (Phi) is 3.20. The Morgan fingerprint density at radius 2 is 2.00 bits per heavy atom. The summed E-state index contributed by atoms with van der Waals surface area (Å²) in [5.41, 5.74) is 9.34. The van der Waals surface area contributed by atoms with Crippen LogP contribution in [0.1, 0.15) is 45.0 Å². The quantitative estimate of drug-likeness (QED) is 0.903. The molecule has 1 aromatic carbocycles. The van der Waals surface area contributed by atoms with E-state index >= 15 is 0 Å². The van der Waals surface area contributed by atoms with Crippen molar-refractivity contribution in [3.8, 4) is 0 Å². The zero-order valence-corrected chi connectivity index (χ0v) is 12.0. The summed E-state index contributed by atoms with van der Waals surface area (Å²) in [6, 6.07) is 6.54. The Morgan fingerprint density at radius 1 is 1.33 bits per heavy atom. The largest absolute Gasteiger partial charge is 0.331 e. The van der Waals surface area contributed by atoms with Crippen molar-refractivity contribution in [2.24, 2.45) is 12.8 Å². The highest BCUT2D eigenvalue weighted by atomic mass is 15.1. The standard InChI is InChI=1S/C15H23N3/c1-10(2)11-6-7-13-12(8-11)17-14(18(13)5)15(3,4)9-16/h6-8,10H,9,16H2,1-5H3. The van der Waals surface area contributed by atoms with Gasteiger partial charge >= 0.3 is 0 Å². The molecule has 0 bridgehead atoms. The van der Waals surface area contributed by atoms with Crippen molar-refractivity contribution in [3.05, 3.63) is 29.6 Å². The van der Waals surface area contributed by atoms with Gasteiger partial charge in [0.2, 0.25) is 0 Å². The van der Waals surface area contributed by atoms with Crippen LogP contribution in [0.3, 0.4) is 0 Å². The molecule has 0 saturated carbocycles. The fourth-order valence-corrected chi connectivity index (χ4v) is 2.27. The number of nitrogens with zero attached hydrogens (tertiary/aromatic N) is 2. The molecule has 18 heavy (non-hydrogen) atoms. The Labute approximate surface area is 109 Å². The summed E-state index contributed by atoms with van der Waals surface area (Å²) >= 11 is 0. The van der Waals surface area contributed by atoms with Gasteiger partial charge in [-0.2, -0.15) is 0 Å². The van der Waals surface area contributed by atoms with Gasteiger partial charge in [-0.25, -0.2) is 4.98 Å². The van der Waals surface area contributed by atoms with Gasteiger partial charge in [0.25, 0.3) is 0 Å². The average Bonchev–Trinajstić information content (AvgIpc) is 2.67. The molecule has 0 aliphatic rings. The number of imidazole rings is 1. The van der Waals surface area contributed by atoms with Crippen LogP contribution in [0.4, 0.5) is 0 Å². The smallest absolute Gasteiger partial charge is 0.116 e. The van der Waals surface area contributed by atoms with E-state index in [-0.39, 0.29) is 5.41 Å². The minimum atomic E-state index is -0.0915. The molecule has 0 spiro atoms. The van der Waals surface area contributed by atoms with E-state index in [4.69, 9.17) is 10.7 Å². The summed E-state index contributed by atoms with van der Waals surface area (Å²) < 4.78 is 2.16. The van der Waals surface area contributed by atoms with Crippen molar-refractivity contribution < 1.29 is 0 Å². The molecule has 0 fully saturated rings. The van der Waals surface area contributed by atoms with Crippen molar-refractivity contribution in [3.63, 3.8) is 0 Å². The third kappa shape index (κ3) is 2.03. The second-order valence-electron chi connectivity index (χ2n) is 5.99. The first kappa shape index (κ1) is 13.1. The van der Waals surface area contributed by atoms with Crippen molar-refractivity contribution in [1.29, 1.82) is 0 Å². The first-order chi connectivity index (χ1) is 8.36. The molecule has 0 radical (unpaired) electrons. The van der Waals surface area contributed by atoms with E-state index in [0.717, 1.165) is 11.3 Å². The zero-order chi connectivity index (χ0) is 13.5. The molecule has 0 aliphatic heterocycles. The summed E-state index contributed by atoms with van der Waals surface area (Å²) in [5, 5.41) is 0. The van der Waals surface area contributed by atoms with Gasteiger partial charge in [-0.1, -0.05) is 33.8 Å². The van der Waals surface area contributed by atoms with Crippen LogP contribution in [0, 0.1) is 0 Å². The van der Waals surface area contributed by atoms with E-state index in [1.165, 1.54) is 11.1 Å². The van der Waals surface area contributed by atoms with Crippen molar-refractivity contribution in [2.75, 3.05) is 6.54 Å². The monoisotopic (exact) mass is 245 g/mol. The number of fused-ring (bicyclic) bond motifs is 1. The van der Waals surface area contributed by atoms with Gasteiger partial charge in [-0.3, -0.25) is 0 Å². The molecular weight excluding hydrogens is 222 g/mol. The maximum atomic E-state index is 5.85. The first-order valence-corrected chi connectivity index (χ1v) is 6.53. The van der Waals surface area contributed by atoms with E-state index < -0.39 is 0 Å². The number of benzene rings is 1. The number of hydrogen-bond acceptors (Lipinski definition) is 2. The minimum Gasteiger partial charge on any atom is -0.331 e. The van der Waals surface area contributed by atoms with Crippen molar-refractivity contribution in [1.82, 2.24) is 9.55 Å². The van der Waals surface area contributed by atoms with E-state index in [9.17, 15) is 0 Å². The molecule has 2 aromatic rings. The van der Waals surface area contributed by atoms with E-state index in [0.29, 0.717) is 12.5 Å². The van der Waals surface area contributed by atoms with E-state index in [1.54, 1.807) is 0 Å². The molecule has 0 atom stereocenters. The molecule has 1 heterocycles. The number of hydrogen-bond donors (Lipinski definition) is 1. The van der Waals surface area contributed by atoms with Gasteiger partial charge in [-0.15, -0.1) is 0 Å². The molecular formula is C15H23N3. The fourth-order valence-electron chi connectivity index (χ4n) is 2.27. The van der Waals surface area contributed by atoms with Crippen LogP contribution < -0.4 is 5.73 Å². The molecule has 0 saturated heterocycles. The van der Waals surface area contributed by atoms with Gasteiger partial charge in [0.15, 0.2) is 0 Å². The first-order valence-electron chi connectivity index (χ1n) is 6.53. The lowest BCUT2D eigenvalue weighted by molar-refractivity contribution is 0.487. The van der Waals surface area contributed by atoms with E-state index in [1.807, 2.05) is 0 Å². The number of nitrogens with two attached hydrogens (primary N) is 1. The Hall–Kier alpha value is -1.35. The average molecular weight is 245 g/mol. The van der Waals surface area contributed by atoms with Crippen molar-refractivity contribution >= 4 is 11.0 Å². The Balaban J connectivity index is 2.63. The molecule has 2 N–H and O–H groups in total. The normalized spacial score (nSPS) is 12.6. The van der Waals surface area contributed by atoms with Crippen LogP contribution in [0.25, 0.3) is 11.0 Å². The summed E-state index contributed by atoms with van der Waals surface area (Å²) in [4.78, 5) is 4.78. The molecule has 2 rings (SSSR count). The molecule has 3 nitrogen and oxygen atoms in total. The molecule has 0 aliphatic carbocycles. The second-order valence-corrected chi connectivity index (χ2v) is 5.99. The third-order valence-corrected chi connectivity index (χ3v) is 3.69. The molecule has 3 heteroatoms. The Morgan fingerprint density at radius 3 is 2.56 bits per heavy atom. The number of aryl methyl sites for hydroxylation is 1. The molecule has 1 aromatic heterocycles. The van der Waals surface area contributed by atoms with Gasteiger partial charge in [0.05, 0.1) is 11.0 Å². The van der Waals surface area contributed by atoms with Gasteiger partial charge in [-0.05, 0) is 23.6 Å². The predicted molar refractivity (Wildman–Crippen MR) is 76.9 cm³/mol. The lowest BCUT2D eigenvalue weighted by atomic mass is 9.93. The lowest BCUT2D eigenvalue weighted by Gasteiger charge is -2.21. The second kappa shape index (κ2) is 4.39. The van der Waals surface area contributed by atoms with Crippen LogP contribution >= 0.6 is 0 Å². The number of rotatable bonds is 3. The molecule has 0 amide bonds. The van der Waals surface area contributed by atoms with E-state index in [2.05, 4.69) is 57.5 Å². The van der Waals surface area contributed by atoms with Crippen LogP contribution in [-0.2, 0) is 12.5 Å². The summed E-state index contributed by atoms with van der Waals surface area (Å²) in [5.74, 6) is 1.59. The van der Waals surface area contributed by atoms with Crippen LogP contribution in [0.15, 0.2) is 18.2 Å². The lowest BCUT2D eigenvalue weighted by Crippen LogP contribution is -2.31. The van der Waals surface area contributed by atoms with Crippen molar-refractivity contribution in [2.45, 2.75) is 39.0 Å². The summed E-state index contributed by atoms with van der Waals surface area (Å²) in [6.45, 7) is 9.28. The summed E-state index contributed by atoms with van der Waals surface area (Å²) in [6.07, 6.45) is 0. The number of aromatic nitrogens is 2. The van der Waals surface area contributed by atoms with Gasteiger partial charge < -0.3 is 10.3 Å². The van der Waals surface area contributed by atoms with Gasteiger partial charge in [0, 0.05) is 19.0 Å². The van der Waals surface area contributed by atoms with Crippen LogP contribution in [-0.4, -0.2) is 16.1 Å². The molecule has 98 valence electrons. The molecule has 0 unspecified atom stereocenters. The maximum absolute atomic E-state index is 5.85. The fraction of sp³-hybridized carbons (Fsp3) is 0.533. The predicted octanol–water partition coefficient (Wildman–Crippen LogP) is 2.93. The highest BCUT2D eigenvalue weighted by molar-refractivity contribution is 5.77. The summed E-state index contributed by atoms with van der Waals surface area (Å²) in [7, 11) is 2.07.